The second-order valence-electron chi connectivity index (χ2n) is 12.0. The van der Waals surface area contributed by atoms with Crippen molar-refractivity contribution in [3.05, 3.63) is 30.3 Å². The van der Waals surface area contributed by atoms with Gasteiger partial charge in [0.25, 0.3) is 0 Å². The van der Waals surface area contributed by atoms with Gasteiger partial charge in [0.05, 0.1) is 4.90 Å². The van der Waals surface area contributed by atoms with Crippen molar-refractivity contribution >= 4 is 27.7 Å². The van der Waals surface area contributed by atoms with Crippen LogP contribution in [-0.2, 0) is 28.9 Å². The number of hydrogen-bond acceptors (Lipinski definition) is 7. The van der Waals surface area contributed by atoms with Crippen LogP contribution in [0.2, 0.25) is 0 Å². The molecule has 0 bridgehead atoms. The van der Waals surface area contributed by atoms with Crippen LogP contribution in [-0.4, -0.2) is 48.8 Å². The molecule has 1 amide bonds. The van der Waals surface area contributed by atoms with Crippen molar-refractivity contribution in [1.82, 2.24) is 5.32 Å². The van der Waals surface area contributed by atoms with Crippen LogP contribution >= 0.6 is 0 Å². The number of alkyl carbamates (subject to hydrolysis) is 1. The lowest BCUT2D eigenvalue weighted by atomic mass is 10.0. The fraction of sp³-hybridized carbons (Fsp3) is 0.700. The maximum atomic E-state index is 13.5. The summed E-state index contributed by atoms with van der Waals surface area (Å²) in [6.45, 7) is 12.3. The van der Waals surface area contributed by atoms with Crippen molar-refractivity contribution in [3.63, 3.8) is 0 Å². The van der Waals surface area contributed by atoms with E-state index in [0.29, 0.717) is 6.42 Å². The molecule has 0 saturated carbocycles. The van der Waals surface area contributed by atoms with E-state index in [-0.39, 0.29) is 24.2 Å². The Labute approximate surface area is 235 Å². The number of carbonyl (C=O) groups is 3. The molecule has 9 heteroatoms. The largest absolute Gasteiger partial charge is 0.458 e. The topological polar surface area (TPSA) is 116 Å². The minimum absolute atomic E-state index is 0.0990. The summed E-state index contributed by atoms with van der Waals surface area (Å²) in [5.74, 6) is -1.19. The number of sulfone groups is 1. The van der Waals surface area contributed by atoms with Crippen LogP contribution in [0.25, 0.3) is 0 Å². The predicted octanol–water partition coefficient (Wildman–Crippen LogP) is 6.55. The zero-order chi connectivity index (χ0) is 29.7. The van der Waals surface area contributed by atoms with E-state index in [4.69, 9.17) is 9.47 Å². The molecule has 2 atom stereocenters. The predicted molar refractivity (Wildman–Crippen MR) is 153 cm³/mol. The van der Waals surface area contributed by atoms with Crippen LogP contribution in [0.4, 0.5) is 4.79 Å². The third-order valence-electron chi connectivity index (χ3n) is 5.94. The molecular weight excluding hydrogens is 518 g/mol. The minimum atomic E-state index is -3.92. The summed E-state index contributed by atoms with van der Waals surface area (Å²) in [5, 5.41) is 1.27. The Bertz CT molecular complexity index is 1010. The molecule has 0 saturated heterocycles. The molecule has 1 N–H and O–H groups in total. The van der Waals surface area contributed by atoms with E-state index < -0.39 is 50.2 Å². The van der Waals surface area contributed by atoms with Crippen LogP contribution in [0.3, 0.4) is 0 Å². The van der Waals surface area contributed by atoms with Gasteiger partial charge in [0, 0.05) is 6.42 Å². The highest BCUT2D eigenvalue weighted by Gasteiger charge is 2.35. The van der Waals surface area contributed by atoms with E-state index in [0.717, 1.165) is 32.1 Å². The molecule has 222 valence electrons. The van der Waals surface area contributed by atoms with Gasteiger partial charge in [-0.1, -0.05) is 70.1 Å². The van der Waals surface area contributed by atoms with Gasteiger partial charge in [0.15, 0.2) is 15.6 Å². The van der Waals surface area contributed by atoms with Gasteiger partial charge >= 0.3 is 12.1 Å². The van der Waals surface area contributed by atoms with Gasteiger partial charge in [0.1, 0.15) is 22.5 Å². The zero-order valence-corrected chi connectivity index (χ0v) is 25.7. The second-order valence-corrected chi connectivity index (χ2v) is 14.1. The zero-order valence-electron chi connectivity index (χ0n) is 24.9. The number of esters is 1. The number of rotatable bonds is 16. The molecule has 0 fully saturated rings. The van der Waals surface area contributed by atoms with Crippen LogP contribution in [0.5, 0.6) is 0 Å². The molecule has 8 nitrogen and oxygen atoms in total. The average Bonchev–Trinajstić information content (AvgIpc) is 2.81. The first-order valence-electron chi connectivity index (χ1n) is 14.1. The summed E-state index contributed by atoms with van der Waals surface area (Å²) in [4.78, 5) is 38.8. The first kappa shape index (κ1) is 34.6. The molecule has 0 aromatic heterocycles. The van der Waals surface area contributed by atoms with Crippen LogP contribution in [0.15, 0.2) is 35.2 Å². The number of benzene rings is 1. The third-order valence-corrected chi connectivity index (χ3v) is 8.11. The Balaban J connectivity index is 3.04. The van der Waals surface area contributed by atoms with Crippen LogP contribution in [0, 0.1) is 0 Å². The van der Waals surface area contributed by atoms with Gasteiger partial charge in [-0.05, 0) is 66.5 Å². The molecular formula is C30H49NO7S. The highest BCUT2D eigenvalue weighted by Crippen LogP contribution is 2.24. The lowest BCUT2D eigenvalue weighted by Gasteiger charge is -2.26. The molecule has 1 aromatic rings. The van der Waals surface area contributed by atoms with Gasteiger partial charge in [0.2, 0.25) is 0 Å². The Kier molecular flexibility index (Phi) is 14.2. The quantitative estimate of drug-likeness (QED) is 0.178. The molecule has 0 aliphatic carbocycles. The summed E-state index contributed by atoms with van der Waals surface area (Å²) in [7, 11) is -3.92. The van der Waals surface area contributed by atoms with Crippen molar-refractivity contribution in [1.29, 1.82) is 0 Å². The number of ketones is 1. The van der Waals surface area contributed by atoms with Crippen LogP contribution < -0.4 is 5.32 Å². The number of amides is 1. The van der Waals surface area contributed by atoms with Crippen molar-refractivity contribution in [2.24, 2.45) is 0 Å². The molecule has 1 unspecified atom stereocenters. The van der Waals surface area contributed by atoms with E-state index in [9.17, 15) is 22.8 Å². The number of Topliss-reactive ketones (excluding diaryl/α,β-unsaturated/α-hetero) is 1. The number of ether oxygens (including phenoxy) is 2. The molecule has 1 rings (SSSR count). The lowest BCUT2D eigenvalue weighted by molar-refractivity contribution is -0.157. The molecule has 39 heavy (non-hydrogen) atoms. The monoisotopic (exact) mass is 567 g/mol. The van der Waals surface area contributed by atoms with Crippen molar-refractivity contribution in [2.45, 2.75) is 140 Å². The standard InChI is InChI=1S/C30H49NO7S/c1-8-9-10-11-12-13-17-20-26(39(35,36)23-18-15-14-16-19-23)25(32)22-21-24(27(33)37-29(2,3)4)31-28(34)38-30(5,6)7/h14-16,18-19,24,26H,8-13,17,20-22H2,1-7H3,(H,31,34)/t24-,26?/m0/s1. The van der Waals surface area contributed by atoms with Crippen molar-refractivity contribution in [2.75, 3.05) is 0 Å². The minimum Gasteiger partial charge on any atom is -0.458 e. The number of hydrogen-bond donors (Lipinski definition) is 1. The summed E-state index contributed by atoms with van der Waals surface area (Å²) >= 11 is 0. The fourth-order valence-corrected chi connectivity index (χ4v) is 5.88. The van der Waals surface area contributed by atoms with Crippen LogP contribution in [0.1, 0.15) is 113 Å². The maximum Gasteiger partial charge on any atom is 0.408 e. The van der Waals surface area contributed by atoms with Gasteiger partial charge in [-0.25, -0.2) is 18.0 Å². The first-order chi connectivity index (χ1) is 18.1. The molecule has 0 aliphatic rings. The second kappa shape index (κ2) is 16.0. The molecule has 0 aliphatic heterocycles. The molecule has 0 heterocycles. The summed E-state index contributed by atoms with van der Waals surface area (Å²) in [6, 6.07) is 6.81. The maximum absolute atomic E-state index is 13.5. The average molecular weight is 568 g/mol. The van der Waals surface area contributed by atoms with Crippen molar-refractivity contribution < 1.29 is 32.3 Å². The number of nitrogens with one attached hydrogen (secondary N) is 1. The molecule has 1 aromatic carbocycles. The number of carbonyl (C=O) groups excluding carboxylic acids is 3. The van der Waals surface area contributed by atoms with E-state index in [2.05, 4.69) is 12.2 Å². The summed E-state index contributed by atoms with van der Waals surface area (Å²) < 4.78 is 37.7. The molecule has 0 radical (unpaired) electrons. The van der Waals surface area contributed by atoms with E-state index in [1.165, 1.54) is 18.6 Å². The van der Waals surface area contributed by atoms with Crippen molar-refractivity contribution in [3.8, 4) is 0 Å². The Morgan fingerprint density at radius 2 is 1.33 bits per heavy atom. The summed E-state index contributed by atoms with van der Waals surface area (Å²) in [6.07, 6.45) is 6.09. The number of unbranched alkanes of at least 4 members (excludes halogenated alkanes) is 6. The normalized spacial score (nSPS) is 13.8. The van der Waals surface area contributed by atoms with E-state index >= 15 is 0 Å². The van der Waals surface area contributed by atoms with E-state index in [1.54, 1.807) is 59.7 Å². The lowest BCUT2D eigenvalue weighted by Crippen LogP contribution is -2.46. The summed E-state index contributed by atoms with van der Waals surface area (Å²) in [5.41, 5.74) is -1.60. The molecule has 0 spiro atoms. The Hall–Kier alpha value is -2.42. The van der Waals surface area contributed by atoms with Gasteiger partial charge in [-0.2, -0.15) is 0 Å². The van der Waals surface area contributed by atoms with Gasteiger partial charge in [-0.3, -0.25) is 4.79 Å². The fourth-order valence-electron chi connectivity index (χ4n) is 4.07. The Morgan fingerprint density at radius 1 is 0.795 bits per heavy atom. The first-order valence-corrected chi connectivity index (χ1v) is 15.7. The Morgan fingerprint density at radius 3 is 1.87 bits per heavy atom. The SMILES string of the molecule is CCCCCCCCCC(C(=O)CC[C@H](NC(=O)OC(C)(C)C)C(=O)OC(C)(C)C)S(=O)(=O)c1ccccc1. The van der Waals surface area contributed by atoms with E-state index in [1.807, 2.05) is 0 Å². The van der Waals surface area contributed by atoms with Gasteiger partial charge in [-0.15, -0.1) is 0 Å². The highest BCUT2D eigenvalue weighted by atomic mass is 32.2. The van der Waals surface area contributed by atoms with Gasteiger partial charge < -0.3 is 14.8 Å². The highest BCUT2D eigenvalue weighted by molar-refractivity contribution is 7.92. The smallest absolute Gasteiger partial charge is 0.408 e. The third kappa shape index (κ3) is 14.0.